The summed E-state index contributed by atoms with van der Waals surface area (Å²) in [6.07, 6.45) is 1.18. The van der Waals surface area contributed by atoms with Crippen LogP contribution in [-0.2, 0) is 0 Å². The summed E-state index contributed by atoms with van der Waals surface area (Å²) >= 11 is 9.69. The molecule has 0 saturated heterocycles. The summed E-state index contributed by atoms with van der Waals surface area (Å²) < 4.78 is 0.111. The van der Waals surface area contributed by atoms with Crippen molar-refractivity contribution in [2.45, 2.75) is 20.8 Å². The zero-order chi connectivity index (χ0) is 10.6. The van der Waals surface area contributed by atoms with E-state index in [4.69, 9.17) is 28.5 Å². The zero-order valence-corrected chi connectivity index (χ0v) is 9.28. The van der Waals surface area contributed by atoms with Crippen LogP contribution in [0.1, 0.15) is 20.8 Å². The van der Waals surface area contributed by atoms with Gasteiger partial charge >= 0.3 is 0 Å². The molecule has 0 N–H and O–H groups in total. The second-order valence-electron chi connectivity index (χ2n) is 2.40. The van der Waals surface area contributed by atoms with Crippen molar-refractivity contribution in [3.63, 3.8) is 0 Å². The lowest BCUT2D eigenvalue weighted by molar-refractivity contribution is 0.737. The first-order valence-electron chi connectivity index (χ1n) is 3.38. The number of allylic oxidation sites excluding steroid dienone is 1. The third-order valence-electron chi connectivity index (χ3n) is 0.0913. The fraction of sp³-hybridized carbons (Fsp3) is 0.444. The van der Waals surface area contributed by atoms with Crippen LogP contribution in [-0.4, -0.2) is 0 Å². The quantitative estimate of drug-likeness (QED) is 0.544. The molecule has 0 fully saturated rings. The molecule has 0 unspecified atom stereocenters. The highest BCUT2D eigenvalue weighted by atomic mass is 35.5. The van der Waals surface area contributed by atoms with Crippen molar-refractivity contribution >= 4 is 23.2 Å². The van der Waals surface area contributed by atoms with Gasteiger partial charge in [-0.05, 0) is 5.92 Å². The van der Waals surface area contributed by atoms with Crippen LogP contribution in [0.3, 0.4) is 0 Å². The highest BCUT2D eigenvalue weighted by molar-refractivity contribution is 6.55. The third-order valence-corrected chi connectivity index (χ3v) is 0.0913. The molecule has 0 atom stereocenters. The molecule has 0 aliphatic heterocycles. The van der Waals surface area contributed by atoms with Crippen molar-refractivity contribution in [1.82, 2.24) is 0 Å². The summed E-state index contributed by atoms with van der Waals surface area (Å²) in [5, 5.41) is 7.51. The molecule has 0 aromatic rings. The van der Waals surface area contributed by atoms with Gasteiger partial charge in [-0.2, -0.15) is 5.26 Å². The average Bonchev–Trinajstić information content (AvgIpc) is 1.85. The number of hydrogen-bond donors (Lipinski definition) is 0. The van der Waals surface area contributed by atoms with Gasteiger partial charge in [-0.15, -0.1) is 0 Å². The van der Waals surface area contributed by atoms with Crippen LogP contribution in [0.4, 0.5) is 0 Å². The van der Waals surface area contributed by atoms with Crippen LogP contribution < -0.4 is 0 Å². The van der Waals surface area contributed by atoms with Crippen molar-refractivity contribution in [1.29, 1.82) is 5.26 Å². The maximum atomic E-state index is 7.51. The standard InChI is InChI=1S/C4H10.C3H3N.C2H2Cl2/c1-4(2)3;1-2-3-4;1-2(3)4/h4H,1-3H3;2H,1H2;1H2. The molecule has 12 heavy (non-hydrogen) atoms. The summed E-state index contributed by atoms with van der Waals surface area (Å²) in [6, 6.07) is 1.69. The fourth-order valence-electron chi connectivity index (χ4n) is 0. The number of nitrogens with zero attached hydrogens (tertiary/aromatic N) is 1. The maximum absolute atomic E-state index is 7.51. The Morgan fingerprint density at radius 2 is 1.50 bits per heavy atom. The predicted octanol–water partition coefficient (Wildman–Crippen LogP) is 4.29. The van der Waals surface area contributed by atoms with Crippen molar-refractivity contribution in [2.24, 2.45) is 5.92 Å². The van der Waals surface area contributed by atoms with Gasteiger partial charge in [0.25, 0.3) is 0 Å². The first-order chi connectivity index (χ1) is 5.38. The Hall–Kier alpha value is -0.450. The van der Waals surface area contributed by atoms with Crippen LogP contribution in [0.15, 0.2) is 23.7 Å². The maximum Gasteiger partial charge on any atom is 0.0992 e. The van der Waals surface area contributed by atoms with Crippen molar-refractivity contribution < 1.29 is 0 Å². The summed E-state index contributed by atoms with van der Waals surface area (Å²) in [7, 11) is 0. The fourth-order valence-corrected chi connectivity index (χ4v) is 0. The lowest BCUT2D eigenvalue weighted by atomic mass is 10.3. The van der Waals surface area contributed by atoms with E-state index in [1.807, 2.05) is 0 Å². The minimum atomic E-state index is 0.111. The van der Waals surface area contributed by atoms with E-state index < -0.39 is 0 Å². The van der Waals surface area contributed by atoms with Gasteiger partial charge in [0.2, 0.25) is 0 Å². The lowest BCUT2D eigenvalue weighted by Gasteiger charge is -1.79. The highest BCUT2D eigenvalue weighted by Crippen LogP contribution is 1.98. The Morgan fingerprint density at radius 3 is 1.50 bits per heavy atom. The van der Waals surface area contributed by atoms with Crippen LogP contribution in [0.2, 0.25) is 0 Å². The summed E-state index contributed by atoms with van der Waals surface area (Å²) in [5.74, 6) is 0.833. The van der Waals surface area contributed by atoms with Gasteiger partial charge in [-0.1, -0.05) is 57.1 Å². The van der Waals surface area contributed by atoms with E-state index in [-0.39, 0.29) is 4.49 Å². The molecule has 0 saturated carbocycles. The normalized spacial score (nSPS) is 6.42. The topological polar surface area (TPSA) is 23.8 Å². The molecule has 0 amide bonds. The molecule has 3 heteroatoms. The van der Waals surface area contributed by atoms with Crippen LogP contribution in [0, 0.1) is 17.2 Å². The summed E-state index contributed by atoms with van der Waals surface area (Å²) in [5.41, 5.74) is 0. The summed E-state index contributed by atoms with van der Waals surface area (Å²) in [6.45, 7) is 12.7. The second kappa shape index (κ2) is 16.9. The summed E-state index contributed by atoms with van der Waals surface area (Å²) in [4.78, 5) is 0. The van der Waals surface area contributed by atoms with Gasteiger partial charge in [0.1, 0.15) is 0 Å². The van der Waals surface area contributed by atoms with Gasteiger partial charge < -0.3 is 0 Å². The molecule has 70 valence electrons. The first-order valence-corrected chi connectivity index (χ1v) is 4.14. The van der Waals surface area contributed by atoms with Gasteiger partial charge in [0.15, 0.2) is 0 Å². The Bertz CT molecular complexity index is 138. The molecule has 0 radical (unpaired) electrons. The zero-order valence-electron chi connectivity index (χ0n) is 7.77. The molecule has 1 nitrogen and oxygen atoms in total. The van der Waals surface area contributed by atoms with Crippen molar-refractivity contribution in [3.05, 3.63) is 23.7 Å². The second-order valence-corrected chi connectivity index (χ2v) is 3.51. The minimum Gasteiger partial charge on any atom is -0.193 e. The van der Waals surface area contributed by atoms with Gasteiger partial charge in [0.05, 0.1) is 10.6 Å². The SMILES string of the molecule is C=C(Cl)Cl.C=CC#N.CC(C)C. The van der Waals surface area contributed by atoms with Gasteiger partial charge in [-0.3, -0.25) is 0 Å². The van der Waals surface area contributed by atoms with E-state index in [0.29, 0.717) is 0 Å². The van der Waals surface area contributed by atoms with E-state index in [2.05, 4.69) is 33.9 Å². The van der Waals surface area contributed by atoms with E-state index >= 15 is 0 Å². The number of nitriles is 1. The van der Waals surface area contributed by atoms with Crippen LogP contribution in [0.5, 0.6) is 0 Å². The smallest absolute Gasteiger partial charge is 0.0992 e. The van der Waals surface area contributed by atoms with Gasteiger partial charge in [-0.25, -0.2) is 0 Å². The highest BCUT2D eigenvalue weighted by Gasteiger charge is 1.68. The molecule has 0 spiro atoms. The Kier molecular flexibility index (Phi) is 24.7. The largest absolute Gasteiger partial charge is 0.193 e. The molecular formula is C9H15Cl2N. The van der Waals surface area contributed by atoms with Crippen molar-refractivity contribution in [2.75, 3.05) is 0 Å². The minimum absolute atomic E-state index is 0.111. The Balaban J connectivity index is -0.000000101. The molecular weight excluding hydrogens is 193 g/mol. The number of hydrogen-bond acceptors (Lipinski definition) is 1. The van der Waals surface area contributed by atoms with Crippen LogP contribution in [0.25, 0.3) is 0 Å². The van der Waals surface area contributed by atoms with E-state index in [1.54, 1.807) is 6.07 Å². The van der Waals surface area contributed by atoms with E-state index in [1.165, 1.54) is 6.08 Å². The van der Waals surface area contributed by atoms with Crippen molar-refractivity contribution in [3.8, 4) is 6.07 Å². The molecule has 0 aliphatic carbocycles. The Labute approximate surface area is 85.3 Å². The lowest BCUT2D eigenvalue weighted by Crippen LogP contribution is -1.66. The first kappa shape index (κ1) is 17.6. The molecule has 0 rings (SSSR count). The predicted molar refractivity (Wildman–Crippen MR) is 57.2 cm³/mol. The Morgan fingerprint density at radius 1 is 1.42 bits per heavy atom. The molecule has 0 bridgehead atoms. The number of halogens is 2. The molecule has 0 heterocycles. The van der Waals surface area contributed by atoms with Gasteiger partial charge in [0, 0.05) is 6.08 Å². The molecule has 0 aromatic heterocycles. The average molecular weight is 208 g/mol. The van der Waals surface area contributed by atoms with E-state index in [9.17, 15) is 0 Å². The molecule has 0 aliphatic rings. The van der Waals surface area contributed by atoms with Crippen LogP contribution >= 0.6 is 23.2 Å². The molecule has 0 aromatic carbocycles. The van der Waals surface area contributed by atoms with E-state index in [0.717, 1.165) is 5.92 Å². The number of rotatable bonds is 0. The monoisotopic (exact) mass is 207 g/mol. The third kappa shape index (κ3) is 2310.